The van der Waals surface area contributed by atoms with Crippen LogP contribution in [0.3, 0.4) is 0 Å². The molecule has 2 aromatic rings. The average Bonchev–Trinajstić information content (AvgIpc) is 3.43. The number of amides is 1. The minimum absolute atomic E-state index is 0.155. The summed E-state index contributed by atoms with van der Waals surface area (Å²) >= 11 is 0. The van der Waals surface area contributed by atoms with Gasteiger partial charge in [0.15, 0.2) is 17.2 Å². The lowest BCUT2D eigenvalue weighted by Crippen LogP contribution is -2.52. The third-order valence-corrected chi connectivity index (χ3v) is 5.01. The van der Waals surface area contributed by atoms with Gasteiger partial charge in [-0.2, -0.15) is 0 Å². The molecule has 0 heterocycles. The topological polar surface area (TPSA) is 66.4 Å². The first-order chi connectivity index (χ1) is 12.4. The summed E-state index contributed by atoms with van der Waals surface area (Å²) in [4.78, 5) is 24.6. The summed E-state index contributed by atoms with van der Waals surface area (Å²) in [6.45, 7) is 1.68. The zero-order valence-electron chi connectivity index (χ0n) is 14.2. The predicted molar refractivity (Wildman–Crippen MR) is 91.4 cm³/mol. The van der Waals surface area contributed by atoms with Crippen LogP contribution in [0.15, 0.2) is 48.5 Å². The molecule has 0 saturated heterocycles. The van der Waals surface area contributed by atoms with Crippen LogP contribution >= 0.6 is 0 Å². The zero-order valence-corrected chi connectivity index (χ0v) is 14.2. The fourth-order valence-corrected chi connectivity index (χ4v) is 3.35. The number of aliphatic carboxylic acids is 1. The van der Waals surface area contributed by atoms with E-state index in [9.17, 15) is 23.5 Å². The summed E-state index contributed by atoms with van der Waals surface area (Å²) in [5.41, 5.74) is -0.925. The van der Waals surface area contributed by atoms with Crippen molar-refractivity contribution in [3.8, 4) is 0 Å². The van der Waals surface area contributed by atoms with Gasteiger partial charge in [0, 0.05) is 5.92 Å². The van der Waals surface area contributed by atoms with Crippen molar-refractivity contribution in [1.82, 2.24) is 5.32 Å². The number of carbonyl (C=O) groups excluding carboxylic acids is 1. The molecule has 1 amide bonds. The summed E-state index contributed by atoms with van der Waals surface area (Å²) in [6.07, 6.45) is 0.518. The summed E-state index contributed by atoms with van der Waals surface area (Å²) in [5, 5.41) is 12.4. The van der Waals surface area contributed by atoms with Crippen LogP contribution in [0.2, 0.25) is 0 Å². The molecule has 136 valence electrons. The van der Waals surface area contributed by atoms with Crippen molar-refractivity contribution >= 4 is 11.9 Å². The van der Waals surface area contributed by atoms with Gasteiger partial charge in [-0.25, -0.2) is 13.6 Å². The lowest BCUT2D eigenvalue weighted by Gasteiger charge is -2.30. The maximum Gasteiger partial charge on any atom is 0.334 e. The number of hydrogen-bond donors (Lipinski definition) is 2. The van der Waals surface area contributed by atoms with Gasteiger partial charge in [0.2, 0.25) is 5.91 Å². The van der Waals surface area contributed by atoms with E-state index in [0.717, 1.165) is 6.07 Å². The van der Waals surface area contributed by atoms with Crippen LogP contribution in [0.4, 0.5) is 8.78 Å². The Morgan fingerprint density at radius 1 is 1.15 bits per heavy atom. The molecule has 0 spiro atoms. The van der Waals surface area contributed by atoms with Gasteiger partial charge < -0.3 is 10.4 Å². The number of carbonyl (C=O) groups is 2. The number of carboxylic acid groups (broad SMARTS) is 1. The second-order valence-corrected chi connectivity index (χ2v) is 6.51. The van der Waals surface area contributed by atoms with Gasteiger partial charge in [0.25, 0.3) is 0 Å². The first-order valence-electron chi connectivity index (χ1n) is 8.45. The lowest BCUT2D eigenvalue weighted by atomic mass is 9.87. The van der Waals surface area contributed by atoms with Gasteiger partial charge in [-0.1, -0.05) is 49.4 Å². The van der Waals surface area contributed by atoms with Crippen molar-refractivity contribution in [2.24, 2.45) is 5.92 Å². The number of nitrogens with one attached hydrogen (secondary N) is 1. The van der Waals surface area contributed by atoms with E-state index in [1.165, 1.54) is 12.1 Å². The van der Waals surface area contributed by atoms with Crippen LogP contribution in [-0.4, -0.2) is 17.0 Å². The molecule has 1 saturated carbocycles. The van der Waals surface area contributed by atoms with Gasteiger partial charge >= 0.3 is 5.97 Å². The first kappa shape index (κ1) is 18.0. The summed E-state index contributed by atoms with van der Waals surface area (Å²) in [7, 11) is 0. The molecule has 0 aliphatic heterocycles. The second kappa shape index (κ2) is 6.86. The maximum absolute atomic E-state index is 13.9. The van der Waals surface area contributed by atoms with Crippen molar-refractivity contribution in [3.63, 3.8) is 0 Å². The third-order valence-electron chi connectivity index (χ3n) is 5.01. The molecule has 2 N–H and O–H groups in total. The molecule has 0 bridgehead atoms. The molecule has 4 nitrogen and oxygen atoms in total. The third kappa shape index (κ3) is 3.07. The van der Waals surface area contributed by atoms with Crippen LogP contribution in [0.25, 0.3) is 0 Å². The van der Waals surface area contributed by atoms with E-state index in [-0.39, 0.29) is 12.0 Å². The van der Waals surface area contributed by atoms with Crippen LogP contribution in [0.5, 0.6) is 0 Å². The Morgan fingerprint density at radius 2 is 1.85 bits per heavy atom. The normalized spacial score (nSPS) is 20.9. The summed E-state index contributed by atoms with van der Waals surface area (Å²) in [6, 6.07) is 12.3. The molecule has 0 radical (unpaired) electrons. The van der Waals surface area contributed by atoms with Crippen molar-refractivity contribution in [1.29, 1.82) is 0 Å². The highest BCUT2D eigenvalue weighted by atomic mass is 19.2. The monoisotopic (exact) mass is 359 g/mol. The number of benzene rings is 2. The van der Waals surface area contributed by atoms with E-state index in [0.29, 0.717) is 12.0 Å². The number of carboxylic acids is 1. The molecular formula is C20H19F2NO3. The van der Waals surface area contributed by atoms with E-state index in [1.54, 1.807) is 37.3 Å². The van der Waals surface area contributed by atoms with Crippen molar-refractivity contribution < 1.29 is 23.5 Å². The Bertz CT molecular complexity index is 840. The second-order valence-electron chi connectivity index (χ2n) is 6.51. The molecular weight excluding hydrogens is 340 g/mol. The highest BCUT2D eigenvalue weighted by Gasteiger charge is 2.49. The van der Waals surface area contributed by atoms with Gasteiger partial charge in [0.1, 0.15) is 0 Å². The highest BCUT2D eigenvalue weighted by Crippen LogP contribution is 2.49. The standard InChI is InChI=1S/C20H19F2NO3/c1-2-20(19(25)26,12-7-4-3-5-8-12)23-18(24)15-11-14(15)13-9-6-10-16(21)17(13)22/h3-10,14-15H,2,11H2,1H3,(H,23,24)(H,25,26). The minimum Gasteiger partial charge on any atom is -0.479 e. The Balaban J connectivity index is 1.82. The quantitative estimate of drug-likeness (QED) is 0.829. The highest BCUT2D eigenvalue weighted by molar-refractivity contribution is 5.91. The molecule has 6 heteroatoms. The Labute approximate surface area is 149 Å². The van der Waals surface area contributed by atoms with Gasteiger partial charge in [-0.3, -0.25) is 4.79 Å². The average molecular weight is 359 g/mol. The molecule has 1 aliphatic rings. The lowest BCUT2D eigenvalue weighted by molar-refractivity contribution is -0.148. The van der Waals surface area contributed by atoms with Gasteiger partial charge in [-0.05, 0) is 36.0 Å². The zero-order chi connectivity index (χ0) is 18.9. The van der Waals surface area contributed by atoms with E-state index in [4.69, 9.17) is 0 Å². The fraction of sp³-hybridized carbons (Fsp3) is 0.300. The Hall–Kier alpha value is -2.76. The van der Waals surface area contributed by atoms with Crippen molar-refractivity contribution in [3.05, 3.63) is 71.3 Å². The summed E-state index contributed by atoms with van der Waals surface area (Å²) < 4.78 is 27.3. The maximum atomic E-state index is 13.9. The van der Waals surface area contributed by atoms with E-state index < -0.39 is 40.9 Å². The van der Waals surface area contributed by atoms with Crippen molar-refractivity contribution in [2.75, 3.05) is 0 Å². The molecule has 1 aliphatic carbocycles. The van der Waals surface area contributed by atoms with Crippen molar-refractivity contribution in [2.45, 2.75) is 31.2 Å². The van der Waals surface area contributed by atoms with Crippen LogP contribution in [0.1, 0.15) is 36.8 Å². The molecule has 1 fully saturated rings. The smallest absolute Gasteiger partial charge is 0.334 e. The number of hydrogen-bond acceptors (Lipinski definition) is 2. The van der Waals surface area contributed by atoms with E-state index in [2.05, 4.69) is 5.32 Å². The molecule has 3 atom stereocenters. The molecule has 26 heavy (non-hydrogen) atoms. The summed E-state index contributed by atoms with van der Waals surface area (Å²) in [5.74, 6) is -4.53. The van der Waals surface area contributed by atoms with E-state index >= 15 is 0 Å². The SMILES string of the molecule is CCC(NC(=O)C1CC1c1cccc(F)c1F)(C(=O)O)c1ccccc1. The number of rotatable bonds is 6. The fourth-order valence-electron chi connectivity index (χ4n) is 3.35. The predicted octanol–water partition coefficient (Wildman–Crippen LogP) is 3.57. The molecule has 3 rings (SSSR count). The molecule has 3 unspecified atom stereocenters. The largest absolute Gasteiger partial charge is 0.479 e. The Morgan fingerprint density at radius 3 is 2.46 bits per heavy atom. The minimum atomic E-state index is -1.55. The van der Waals surface area contributed by atoms with E-state index in [1.807, 2.05) is 0 Å². The molecule has 2 aromatic carbocycles. The van der Waals surface area contributed by atoms with Crippen LogP contribution in [-0.2, 0) is 15.1 Å². The van der Waals surface area contributed by atoms with Crippen LogP contribution < -0.4 is 5.32 Å². The van der Waals surface area contributed by atoms with Gasteiger partial charge in [-0.15, -0.1) is 0 Å². The van der Waals surface area contributed by atoms with Gasteiger partial charge in [0.05, 0.1) is 0 Å². The molecule has 0 aromatic heterocycles. The first-order valence-corrected chi connectivity index (χ1v) is 8.45. The van der Waals surface area contributed by atoms with Crippen LogP contribution in [0, 0.1) is 17.6 Å². The number of halogens is 2. The Kier molecular flexibility index (Phi) is 4.76.